The molecule has 0 bridgehead atoms. The number of aryl methyl sites for hydroxylation is 2. The molecule has 1 aliphatic rings. The van der Waals surface area contributed by atoms with Crippen molar-refractivity contribution in [3.63, 3.8) is 0 Å². The van der Waals surface area contributed by atoms with Gasteiger partial charge in [-0.2, -0.15) is 5.10 Å². The van der Waals surface area contributed by atoms with E-state index in [9.17, 15) is 0 Å². The summed E-state index contributed by atoms with van der Waals surface area (Å²) in [7, 11) is 0. The molecule has 1 unspecified atom stereocenters. The number of aromatic nitrogens is 3. The van der Waals surface area contributed by atoms with Crippen molar-refractivity contribution < 1.29 is 0 Å². The van der Waals surface area contributed by atoms with Gasteiger partial charge < -0.3 is 0 Å². The molecule has 0 saturated carbocycles. The standard InChI is InChI=1S/C17H24N4/c1-3-21-17(18-13-19-21)12-20-9-5-8-16(11-20)15-7-4-6-14(2)10-15/h4,6-7,10,13,16H,3,5,8-9,11-12H2,1-2H3. The van der Waals surface area contributed by atoms with Gasteiger partial charge in [0, 0.05) is 13.1 Å². The minimum absolute atomic E-state index is 0.650. The highest BCUT2D eigenvalue weighted by Crippen LogP contribution is 2.28. The lowest BCUT2D eigenvalue weighted by Gasteiger charge is -2.32. The Morgan fingerprint density at radius 2 is 2.24 bits per heavy atom. The number of benzene rings is 1. The summed E-state index contributed by atoms with van der Waals surface area (Å²) >= 11 is 0. The molecular weight excluding hydrogens is 260 g/mol. The van der Waals surface area contributed by atoms with Crippen LogP contribution in [0.3, 0.4) is 0 Å². The summed E-state index contributed by atoms with van der Waals surface area (Å²) in [6.45, 7) is 8.39. The molecule has 3 rings (SSSR count). The second-order valence-corrected chi connectivity index (χ2v) is 5.98. The molecule has 0 radical (unpaired) electrons. The van der Waals surface area contributed by atoms with E-state index in [0.29, 0.717) is 5.92 Å². The Hall–Kier alpha value is -1.68. The monoisotopic (exact) mass is 284 g/mol. The second kappa shape index (κ2) is 6.39. The van der Waals surface area contributed by atoms with E-state index in [4.69, 9.17) is 0 Å². The highest BCUT2D eigenvalue weighted by Gasteiger charge is 2.22. The average Bonchev–Trinajstić information content (AvgIpc) is 2.95. The van der Waals surface area contributed by atoms with Gasteiger partial charge in [-0.3, -0.25) is 4.90 Å². The summed E-state index contributed by atoms with van der Waals surface area (Å²) in [6, 6.07) is 8.96. The lowest BCUT2D eigenvalue weighted by Crippen LogP contribution is -2.34. The van der Waals surface area contributed by atoms with Gasteiger partial charge >= 0.3 is 0 Å². The van der Waals surface area contributed by atoms with Gasteiger partial charge in [0.1, 0.15) is 12.2 Å². The van der Waals surface area contributed by atoms with Crippen molar-refractivity contribution in [2.45, 2.75) is 45.7 Å². The second-order valence-electron chi connectivity index (χ2n) is 5.98. The molecule has 1 atom stereocenters. The first-order chi connectivity index (χ1) is 10.3. The number of rotatable bonds is 4. The van der Waals surface area contributed by atoms with Gasteiger partial charge in [-0.15, -0.1) is 0 Å². The Morgan fingerprint density at radius 3 is 3.05 bits per heavy atom. The van der Waals surface area contributed by atoms with E-state index in [2.05, 4.69) is 53.1 Å². The molecule has 4 heteroatoms. The van der Waals surface area contributed by atoms with Crippen LogP contribution in [0.2, 0.25) is 0 Å². The quantitative estimate of drug-likeness (QED) is 0.865. The lowest BCUT2D eigenvalue weighted by atomic mass is 9.90. The molecule has 1 saturated heterocycles. The van der Waals surface area contributed by atoms with E-state index >= 15 is 0 Å². The van der Waals surface area contributed by atoms with Crippen molar-refractivity contribution >= 4 is 0 Å². The van der Waals surface area contributed by atoms with Crippen molar-refractivity contribution in [1.82, 2.24) is 19.7 Å². The molecule has 0 amide bonds. The SMILES string of the molecule is CCn1ncnc1CN1CCCC(c2cccc(C)c2)C1. The first-order valence-electron chi connectivity index (χ1n) is 7.92. The van der Waals surface area contributed by atoms with Crippen LogP contribution >= 0.6 is 0 Å². The zero-order chi connectivity index (χ0) is 14.7. The number of hydrogen-bond acceptors (Lipinski definition) is 3. The third-order valence-corrected chi connectivity index (χ3v) is 4.38. The van der Waals surface area contributed by atoms with Crippen LogP contribution in [-0.4, -0.2) is 32.8 Å². The van der Waals surface area contributed by atoms with Gasteiger partial charge in [0.05, 0.1) is 6.54 Å². The average molecular weight is 284 g/mol. The molecule has 1 aromatic carbocycles. The van der Waals surface area contributed by atoms with Gasteiger partial charge in [-0.1, -0.05) is 29.8 Å². The Labute approximate surface area is 126 Å². The fourth-order valence-corrected chi connectivity index (χ4v) is 3.27. The van der Waals surface area contributed by atoms with E-state index in [1.807, 2.05) is 4.68 Å². The van der Waals surface area contributed by atoms with Crippen LogP contribution in [0.25, 0.3) is 0 Å². The van der Waals surface area contributed by atoms with Crippen molar-refractivity contribution in [2.75, 3.05) is 13.1 Å². The molecule has 0 spiro atoms. The zero-order valence-corrected chi connectivity index (χ0v) is 13.0. The molecule has 1 aromatic heterocycles. The van der Waals surface area contributed by atoms with E-state index in [-0.39, 0.29) is 0 Å². The van der Waals surface area contributed by atoms with Crippen LogP contribution in [0.1, 0.15) is 42.6 Å². The molecule has 2 heterocycles. The van der Waals surface area contributed by atoms with E-state index in [1.165, 1.54) is 30.5 Å². The molecule has 1 aliphatic heterocycles. The Bertz CT molecular complexity index is 590. The summed E-state index contributed by atoms with van der Waals surface area (Å²) in [5, 5.41) is 4.27. The highest BCUT2D eigenvalue weighted by atomic mass is 15.3. The van der Waals surface area contributed by atoms with Crippen LogP contribution in [0, 0.1) is 6.92 Å². The maximum Gasteiger partial charge on any atom is 0.140 e. The minimum atomic E-state index is 0.650. The third-order valence-electron chi connectivity index (χ3n) is 4.38. The highest BCUT2D eigenvalue weighted by molar-refractivity contribution is 5.26. The fourth-order valence-electron chi connectivity index (χ4n) is 3.27. The van der Waals surface area contributed by atoms with Crippen LogP contribution in [0.5, 0.6) is 0 Å². The predicted molar refractivity (Wildman–Crippen MR) is 84.1 cm³/mol. The van der Waals surface area contributed by atoms with Crippen LogP contribution in [0.15, 0.2) is 30.6 Å². The number of likely N-dealkylation sites (tertiary alicyclic amines) is 1. The van der Waals surface area contributed by atoms with Gasteiger partial charge in [0.2, 0.25) is 0 Å². The number of piperidine rings is 1. The van der Waals surface area contributed by atoms with Gasteiger partial charge in [0.25, 0.3) is 0 Å². The summed E-state index contributed by atoms with van der Waals surface area (Å²) in [6.07, 6.45) is 4.22. The van der Waals surface area contributed by atoms with Gasteiger partial charge in [0.15, 0.2) is 0 Å². The molecule has 1 fully saturated rings. The smallest absolute Gasteiger partial charge is 0.140 e. The van der Waals surface area contributed by atoms with Gasteiger partial charge in [-0.25, -0.2) is 9.67 Å². The zero-order valence-electron chi connectivity index (χ0n) is 13.0. The van der Waals surface area contributed by atoms with Crippen molar-refractivity contribution in [2.24, 2.45) is 0 Å². The molecule has 4 nitrogen and oxygen atoms in total. The molecule has 0 aliphatic carbocycles. The summed E-state index contributed by atoms with van der Waals surface area (Å²) < 4.78 is 2.00. The van der Waals surface area contributed by atoms with Crippen molar-refractivity contribution in [3.8, 4) is 0 Å². The molecule has 2 aromatic rings. The van der Waals surface area contributed by atoms with Crippen molar-refractivity contribution in [1.29, 1.82) is 0 Å². The number of nitrogens with zero attached hydrogens (tertiary/aromatic N) is 4. The van der Waals surface area contributed by atoms with E-state index in [0.717, 1.165) is 25.5 Å². The Kier molecular flexibility index (Phi) is 4.34. The Morgan fingerprint density at radius 1 is 1.33 bits per heavy atom. The van der Waals surface area contributed by atoms with Gasteiger partial charge in [-0.05, 0) is 44.7 Å². The topological polar surface area (TPSA) is 34.0 Å². The minimum Gasteiger partial charge on any atom is -0.295 e. The van der Waals surface area contributed by atoms with E-state index < -0.39 is 0 Å². The van der Waals surface area contributed by atoms with Crippen LogP contribution in [-0.2, 0) is 13.1 Å². The molecule has 0 N–H and O–H groups in total. The molecule has 112 valence electrons. The maximum atomic E-state index is 4.40. The first-order valence-corrected chi connectivity index (χ1v) is 7.92. The molecule has 21 heavy (non-hydrogen) atoms. The lowest BCUT2D eigenvalue weighted by molar-refractivity contribution is 0.193. The van der Waals surface area contributed by atoms with Crippen molar-refractivity contribution in [3.05, 3.63) is 47.5 Å². The Balaban J connectivity index is 1.68. The largest absolute Gasteiger partial charge is 0.295 e. The maximum absolute atomic E-state index is 4.40. The summed E-state index contributed by atoms with van der Waals surface area (Å²) in [4.78, 5) is 6.92. The summed E-state index contributed by atoms with van der Waals surface area (Å²) in [5.74, 6) is 1.74. The molecular formula is C17H24N4. The first kappa shape index (κ1) is 14.3. The van der Waals surface area contributed by atoms with Crippen LogP contribution in [0.4, 0.5) is 0 Å². The summed E-state index contributed by atoms with van der Waals surface area (Å²) in [5.41, 5.74) is 2.84. The third kappa shape index (κ3) is 3.32. The van der Waals surface area contributed by atoms with Crippen LogP contribution < -0.4 is 0 Å². The fraction of sp³-hybridized carbons (Fsp3) is 0.529. The van der Waals surface area contributed by atoms with E-state index in [1.54, 1.807) is 6.33 Å². The predicted octanol–water partition coefficient (Wildman–Crippen LogP) is 2.99. The number of hydrogen-bond donors (Lipinski definition) is 0. The normalized spacial score (nSPS) is 19.8.